The van der Waals surface area contributed by atoms with E-state index in [1.165, 1.54) is 0 Å². The first kappa shape index (κ1) is 19.4. The van der Waals surface area contributed by atoms with E-state index < -0.39 is 11.7 Å². The Balaban J connectivity index is 1.55. The van der Waals surface area contributed by atoms with Crippen molar-refractivity contribution in [3.8, 4) is 0 Å². The monoisotopic (exact) mass is 372 g/mol. The summed E-state index contributed by atoms with van der Waals surface area (Å²) in [7, 11) is 0. The number of nitrogens with one attached hydrogen (secondary N) is 1. The molecule has 1 aromatic heterocycles. The van der Waals surface area contributed by atoms with Crippen LogP contribution in [0.4, 0.5) is 10.5 Å². The van der Waals surface area contributed by atoms with Crippen molar-refractivity contribution in [1.82, 2.24) is 14.7 Å². The fourth-order valence-electron chi connectivity index (χ4n) is 3.08. The molecule has 2 aromatic rings. The highest BCUT2D eigenvalue weighted by Crippen LogP contribution is 2.17. The molecule has 0 radical (unpaired) electrons. The maximum Gasteiger partial charge on any atom is 0.412 e. The van der Waals surface area contributed by atoms with Gasteiger partial charge in [-0.2, -0.15) is 5.10 Å². The number of benzene rings is 1. The average Bonchev–Trinajstić information content (AvgIpc) is 3.06. The summed E-state index contributed by atoms with van der Waals surface area (Å²) < 4.78 is 13.1. The molecule has 1 amide bonds. The van der Waals surface area contributed by atoms with Gasteiger partial charge in [-0.3, -0.25) is 14.9 Å². The number of rotatable bonds is 5. The summed E-state index contributed by atoms with van der Waals surface area (Å²) in [6, 6.07) is 9.79. The third kappa shape index (κ3) is 6.37. The van der Waals surface area contributed by atoms with Crippen LogP contribution in [0.3, 0.4) is 0 Å². The van der Waals surface area contributed by atoms with Gasteiger partial charge in [-0.1, -0.05) is 12.1 Å². The first-order chi connectivity index (χ1) is 12.9. The normalized spacial score (nSPS) is 18.3. The zero-order valence-corrected chi connectivity index (χ0v) is 16.2. The van der Waals surface area contributed by atoms with Crippen molar-refractivity contribution in [3.05, 3.63) is 48.3 Å². The summed E-state index contributed by atoms with van der Waals surface area (Å²) in [4.78, 5) is 14.3. The Kier molecular flexibility index (Phi) is 6.13. The summed E-state index contributed by atoms with van der Waals surface area (Å²) in [6.45, 7) is 9.56. The molecule has 7 nitrogen and oxygen atoms in total. The van der Waals surface area contributed by atoms with Gasteiger partial charge in [-0.25, -0.2) is 4.79 Å². The predicted octanol–water partition coefficient (Wildman–Crippen LogP) is 3.13. The van der Waals surface area contributed by atoms with Crippen molar-refractivity contribution in [1.29, 1.82) is 0 Å². The van der Waals surface area contributed by atoms with E-state index in [1.807, 2.05) is 55.9 Å². The Morgan fingerprint density at radius 2 is 2.22 bits per heavy atom. The highest BCUT2D eigenvalue weighted by molar-refractivity contribution is 5.84. The van der Waals surface area contributed by atoms with E-state index in [0.717, 1.165) is 37.4 Å². The fourth-order valence-corrected chi connectivity index (χ4v) is 3.08. The van der Waals surface area contributed by atoms with Crippen LogP contribution in [0.15, 0.2) is 42.7 Å². The number of carbonyl (C=O) groups is 1. The lowest BCUT2D eigenvalue weighted by Gasteiger charge is -2.33. The molecule has 3 rings (SSSR count). The van der Waals surface area contributed by atoms with Crippen LogP contribution in [0.2, 0.25) is 0 Å². The maximum absolute atomic E-state index is 12.0. The molecule has 1 aliphatic rings. The Hall–Kier alpha value is -2.38. The first-order valence-electron chi connectivity index (χ1n) is 9.28. The molecule has 1 N–H and O–H groups in total. The summed E-state index contributed by atoms with van der Waals surface area (Å²) in [6.07, 6.45) is 3.42. The van der Waals surface area contributed by atoms with E-state index in [2.05, 4.69) is 21.4 Å². The third-order valence-electron chi connectivity index (χ3n) is 4.15. The molecule has 1 aromatic carbocycles. The average molecular weight is 372 g/mol. The van der Waals surface area contributed by atoms with Gasteiger partial charge in [0.1, 0.15) is 5.60 Å². The third-order valence-corrected chi connectivity index (χ3v) is 4.15. The van der Waals surface area contributed by atoms with Crippen LogP contribution in [0, 0.1) is 0 Å². The van der Waals surface area contributed by atoms with Crippen molar-refractivity contribution < 1.29 is 14.3 Å². The molecule has 7 heteroatoms. The van der Waals surface area contributed by atoms with Crippen LogP contribution in [0.25, 0.3) is 0 Å². The lowest BCUT2D eigenvalue weighted by molar-refractivity contribution is -0.0402. The minimum atomic E-state index is -0.515. The molecule has 2 heterocycles. The van der Waals surface area contributed by atoms with Gasteiger partial charge in [0, 0.05) is 37.7 Å². The molecular formula is C20H28N4O3. The number of carbonyl (C=O) groups excluding carboxylic acids is 1. The second-order valence-corrected chi connectivity index (χ2v) is 7.78. The topological polar surface area (TPSA) is 68.6 Å². The Labute approximate surface area is 160 Å². The van der Waals surface area contributed by atoms with Crippen LogP contribution >= 0.6 is 0 Å². The molecule has 1 atom stereocenters. The number of ether oxygens (including phenoxy) is 2. The second-order valence-electron chi connectivity index (χ2n) is 7.78. The van der Waals surface area contributed by atoms with Crippen molar-refractivity contribution in [2.24, 2.45) is 0 Å². The summed E-state index contributed by atoms with van der Waals surface area (Å²) in [5.41, 5.74) is 1.37. The van der Waals surface area contributed by atoms with Gasteiger partial charge >= 0.3 is 6.09 Å². The van der Waals surface area contributed by atoms with Crippen molar-refractivity contribution in [2.45, 2.75) is 45.6 Å². The Bertz CT molecular complexity index is 740. The van der Waals surface area contributed by atoms with Gasteiger partial charge in [0.15, 0.2) is 0 Å². The molecule has 1 saturated heterocycles. The number of morpholine rings is 1. The molecule has 1 unspecified atom stereocenters. The van der Waals surface area contributed by atoms with Crippen molar-refractivity contribution in [2.75, 3.05) is 25.0 Å². The minimum Gasteiger partial charge on any atom is -0.444 e. The molecule has 0 spiro atoms. The van der Waals surface area contributed by atoms with E-state index in [0.29, 0.717) is 6.61 Å². The van der Waals surface area contributed by atoms with Gasteiger partial charge in [0.05, 0.1) is 19.3 Å². The second kappa shape index (κ2) is 8.54. The molecular weight excluding hydrogens is 344 g/mol. The van der Waals surface area contributed by atoms with Gasteiger partial charge < -0.3 is 9.47 Å². The zero-order chi connectivity index (χ0) is 19.3. The van der Waals surface area contributed by atoms with E-state index in [4.69, 9.17) is 9.47 Å². The van der Waals surface area contributed by atoms with Crippen LogP contribution in [-0.4, -0.2) is 52.2 Å². The molecule has 27 heavy (non-hydrogen) atoms. The molecule has 146 valence electrons. The van der Waals surface area contributed by atoms with Crippen LogP contribution < -0.4 is 5.32 Å². The number of aromatic nitrogens is 2. The molecule has 1 aliphatic heterocycles. The van der Waals surface area contributed by atoms with Gasteiger partial charge in [0.25, 0.3) is 0 Å². The van der Waals surface area contributed by atoms with Crippen LogP contribution in [-0.2, 0) is 22.6 Å². The first-order valence-corrected chi connectivity index (χ1v) is 9.28. The number of hydrogen-bond donors (Lipinski definition) is 1. The fraction of sp³-hybridized carbons (Fsp3) is 0.500. The van der Waals surface area contributed by atoms with Gasteiger partial charge in [-0.15, -0.1) is 0 Å². The van der Waals surface area contributed by atoms with Crippen LogP contribution in [0.1, 0.15) is 26.3 Å². The van der Waals surface area contributed by atoms with E-state index in [-0.39, 0.29) is 6.10 Å². The highest BCUT2D eigenvalue weighted by Gasteiger charge is 2.21. The van der Waals surface area contributed by atoms with Gasteiger partial charge in [-0.05, 0) is 44.5 Å². The SMILES string of the molecule is CC(C)(C)OC(=O)Nc1cccc(CN2CCOC(Cn3cccn3)C2)c1. The molecule has 0 saturated carbocycles. The maximum atomic E-state index is 12.0. The Morgan fingerprint density at radius 3 is 2.96 bits per heavy atom. The largest absolute Gasteiger partial charge is 0.444 e. The number of nitrogens with zero attached hydrogens (tertiary/aromatic N) is 3. The standard InChI is InChI=1S/C20H28N4O3/c1-20(2,3)27-19(25)22-17-7-4-6-16(12-17)13-23-10-11-26-18(14-23)15-24-9-5-8-21-24/h4-9,12,18H,10-11,13-15H2,1-3H3,(H,22,25). The zero-order valence-electron chi connectivity index (χ0n) is 16.2. The molecule has 1 fully saturated rings. The Morgan fingerprint density at radius 1 is 1.37 bits per heavy atom. The lowest BCUT2D eigenvalue weighted by Crippen LogP contribution is -2.43. The summed E-state index contributed by atoms with van der Waals surface area (Å²) >= 11 is 0. The highest BCUT2D eigenvalue weighted by atomic mass is 16.6. The number of amides is 1. The predicted molar refractivity (Wildman–Crippen MR) is 104 cm³/mol. The minimum absolute atomic E-state index is 0.127. The quantitative estimate of drug-likeness (QED) is 0.873. The van der Waals surface area contributed by atoms with E-state index in [1.54, 1.807) is 6.20 Å². The smallest absolute Gasteiger partial charge is 0.412 e. The summed E-state index contributed by atoms with van der Waals surface area (Å²) in [5.74, 6) is 0. The summed E-state index contributed by atoms with van der Waals surface area (Å²) in [5, 5.41) is 7.05. The van der Waals surface area contributed by atoms with Crippen LogP contribution in [0.5, 0.6) is 0 Å². The molecule has 0 bridgehead atoms. The molecule has 0 aliphatic carbocycles. The van der Waals surface area contributed by atoms with Crippen molar-refractivity contribution >= 4 is 11.8 Å². The number of anilines is 1. The van der Waals surface area contributed by atoms with Gasteiger partial charge in [0.2, 0.25) is 0 Å². The lowest BCUT2D eigenvalue weighted by atomic mass is 10.1. The van der Waals surface area contributed by atoms with Crippen molar-refractivity contribution in [3.63, 3.8) is 0 Å². The van der Waals surface area contributed by atoms with E-state index >= 15 is 0 Å². The van der Waals surface area contributed by atoms with E-state index in [9.17, 15) is 4.79 Å². The number of hydrogen-bond acceptors (Lipinski definition) is 5.